The summed E-state index contributed by atoms with van der Waals surface area (Å²) >= 11 is 0. The Morgan fingerprint density at radius 3 is 2.11 bits per heavy atom. The molecular formula is C9H16. The van der Waals surface area contributed by atoms with E-state index in [0.29, 0.717) is 0 Å². The number of allylic oxidation sites excluding steroid dienone is 2. The van der Waals surface area contributed by atoms with Crippen LogP contribution in [0.15, 0.2) is 12.2 Å². The van der Waals surface area contributed by atoms with Gasteiger partial charge in [-0.15, -0.1) is 0 Å². The predicted octanol–water partition coefficient (Wildman–Crippen LogP) is 2.85. The summed E-state index contributed by atoms with van der Waals surface area (Å²) in [4.78, 5) is 0. The van der Waals surface area contributed by atoms with E-state index >= 15 is 0 Å². The fourth-order valence-electron chi connectivity index (χ4n) is 1.57. The van der Waals surface area contributed by atoms with Gasteiger partial charge >= 0.3 is 0 Å². The molecule has 0 spiro atoms. The zero-order valence-electron chi connectivity index (χ0n) is 6.59. The molecule has 0 amide bonds. The first kappa shape index (κ1) is 6.85. The van der Waals surface area contributed by atoms with Gasteiger partial charge in [0.05, 0.1) is 0 Å². The molecule has 1 rings (SSSR count). The van der Waals surface area contributed by atoms with Gasteiger partial charge in [-0.1, -0.05) is 32.9 Å². The molecule has 1 aliphatic rings. The highest BCUT2D eigenvalue weighted by Gasteiger charge is 2.22. The second-order valence-electron chi connectivity index (χ2n) is 3.18. The first-order chi connectivity index (χ1) is 4.25. The molecule has 0 aromatic rings. The van der Waals surface area contributed by atoms with Gasteiger partial charge in [-0.3, -0.25) is 0 Å². The molecule has 0 bridgehead atoms. The molecule has 0 radical (unpaired) electrons. The minimum atomic E-state index is 0.815. The van der Waals surface area contributed by atoms with Crippen LogP contribution < -0.4 is 0 Å². The van der Waals surface area contributed by atoms with Crippen LogP contribution in [0, 0.1) is 17.8 Å². The summed E-state index contributed by atoms with van der Waals surface area (Å²) in [7, 11) is 0. The largest absolute Gasteiger partial charge is 0.0851 e. The normalized spacial score (nSPS) is 41.9. The zero-order valence-corrected chi connectivity index (χ0v) is 6.59. The lowest BCUT2D eigenvalue weighted by Crippen LogP contribution is -2.08. The molecule has 0 nitrogen and oxygen atoms in total. The Labute approximate surface area is 58.0 Å². The second-order valence-corrected chi connectivity index (χ2v) is 3.18. The van der Waals surface area contributed by atoms with Crippen molar-refractivity contribution < 1.29 is 0 Å². The monoisotopic (exact) mass is 124 g/mol. The summed E-state index contributed by atoms with van der Waals surface area (Å²) < 4.78 is 0. The predicted molar refractivity (Wildman–Crippen MR) is 41.2 cm³/mol. The second kappa shape index (κ2) is 2.55. The Bertz CT molecular complexity index is 113. The maximum atomic E-state index is 2.37. The highest BCUT2D eigenvalue weighted by Crippen LogP contribution is 2.31. The number of hydrogen-bond acceptors (Lipinski definition) is 0. The molecule has 0 aromatic heterocycles. The summed E-state index contributed by atoms with van der Waals surface area (Å²) in [5.41, 5.74) is 0. The number of rotatable bonds is 1. The smallest absolute Gasteiger partial charge is 0.0205 e. The molecule has 0 saturated heterocycles. The minimum Gasteiger partial charge on any atom is -0.0851 e. The summed E-state index contributed by atoms with van der Waals surface area (Å²) in [6.07, 6.45) is 6.02. The molecule has 0 aromatic carbocycles. The Morgan fingerprint density at radius 1 is 1.22 bits per heavy atom. The standard InChI is InChI=1S/C9H16/c1-4-9-6-5-7(2)8(9)3/h5-9H,4H2,1-3H3/t7-,8-,9+/m1/s1. The zero-order chi connectivity index (χ0) is 6.85. The quantitative estimate of drug-likeness (QED) is 0.471. The third kappa shape index (κ3) is 1.17. The lowest BCUT2D eigenvalue weighted by atomic mass is 9.90. The van der Waals surface area contributed by atoms with Gasteiger partial charge in [0.2, 0.25) is 0 Å². The van der Waals surface area contributed by atoms with E-state index in [0.717, 1.165) is 17.8 Å². The van der Waals surface area contributed by atoms with E-state index in [1.54, 1.807) is 0 Å². The van der Waals surface area contributed by atoms with Gasteiger partial charge in [-0.25, -0.2) is 0 Å². The van der Waals surface area contributed by atoms with Gasteiger partial charge < -0.3 is 0 Å². The van der Waals surface area contributed by atoms with Crippen LogP contribution in [-0.4, -0.2) is 0 Å². The number of hydrogen-bond donors (Lipinski definition) is 0. The van der Waals surface area contributed by atoms with Crippen LogP contribution in [0.2, 0.25) is 0 Å². The molecular weight excluding hydrogens is 108 g/mol. The fraction of sp³-hybridized carbons (Fsp3) is 0.778. The van der Waals surface area contributed by atoms with Crippen molar-refractivity contribution in [3.63, 3.8) is 0 Å². The third-order valence-corrected chi connectivity index (χ3v) is 2.64. The molecule has 0 heteroatoms. The van der Waals surface area contributed by atoms with Crippen molar-refractivity contribution in [2.45, 2.75) is 27.2 Å². The molecule has 0 saturated carbocycles. The van der Waals surface area contributed by atoms with Crippen LogP contribution in [0.25, 0.3) is 0 Å². The van der Waals surface area contributed by atoms with Gasteiger partial charge in [0.1, 0.15) is 0 Å². The summed E-state index contributed by atoms with van der Waals surface area (Å²) in [5, 5.41) is 0. The summed E-state index contributed by atoms with van der Waals surface area (Å²) in [5.74, 6) is 2.56. The van der Waals surface area contributed by atoms with Crippen LogP contribution in [-0.2, 0) is 0 Å². The molecule has 0 aliphatic heterocycles. The summed E-state index contributed by atoms with van der Waals surface area (Å²) in [6, 6.07) is 0. The maximum Gasteiger partial charge on any atom is -0.0205 e. The van der Waals surface area contributed by atoms with Crippen molar-refractivity contribution in [1.82, 2.24) is 0 Å². The Balaban J connectivity index is 2.51. The lowest BCUT2D eigenvalue weighted by Gasteiger charge is -2.15. The molecule has 0 unspecified atom stereocenters. The Kier molecular flexibility index (Phi) is 1.94. The van der Waals surface area contributed by atoms with Crippen molar-refractivity contribution in [3.8, 4) is 0 Å². The van der Waals surface area contributed by atoms with Crippen molar-refractivity contribution in [2.75, 3.05) is 0 Å². The Hall–Kier alpha value is -0.260. The van der Waals surface area contributed by atoms with Gasteiger partial charge in [-0.2, -0.15) is 0 Å². The van der Waals surface area contributed by atoms with Crippen LogP contribution >= 0.6 is 0 Å². The summed E-state index contributed by atoms with van der Waals surface area (Å²) in [6.45, 7) is 6.92. The van der Waals surface area contributed by atoms with Crippen molar-refractivity contribution in [2.24, 2.45) is 17.8 Å². The van der Waals surface area contributed by atoms with Crippen LogP contribution in [0.5, 0.6) is 0 Å². The van der Waals surface area contributed by atoms with Crippen molar-refractivity contribution >= 4 is 0 Å². The SMILES string of the molecule is CC[C@H]1C=C[C@@H](C)[C@H]1C. The van der Waals surface area contributed by atoms with Gasteiger partial charge in [0, 0.05) is 0 Å². The lowest BCUT2D eigenvalue weighted by molar-refractivity contribution is 0.375. The molecule has 52 valence electrons. The molecule has 0 fully saturated rings. The first-order valence-electron chi connectivity index (χ1n) is 3.94. The van der Waals surface area contributed by atoms with E-state index in [1.165, 1.54) is 6.42 Å². The molecule has 1 aliphatic carbocycles. The third-order valence-electron chi connectivity index (χ3n) is 2.64. The van der Waals surface area contributed by atoms with Crippen LogP contribution in [0.3, 0.4) is 0 Å². The molecule has 0 N–H and O–H groups in total. The van der Waals surface area contributed by atoms with E-state index in [2.05, 4.69) is 32.9 Å². The fourth-order valence-corrected chi connectivity index (χ4v) is 1.57. The van der Waals surface area contributed by atoms with E-state index < -0.39 is 0 Å². The molecule has 3 atom stereocenters. The van der Waals surface area contributed by atoms with Crippen LogP contribution in [0.1, 0.15) is 27.2 Å². The van der Waals surface area contributed by atoms with Gasteiger partial charge in [0.25, 0.3) is 0 Å². The van der Waals surface area contributed by atoms with Crippen LogP contribution in [0.4, 0.5) is 0 Å². The van der Waals surface area contributed by atoms with E-state index in [1.807, 2.05) is 0 Å². The van der Waals surface area contributed by atoms with Crippen molar-refractivity contribution in [1.29, 1.82) is 0 Å². The van der Waals surface area contributed by atoms with E-state index in [-0.39, 0.29) is 0 Å². The highest BCUT2D eigenvalue weighted by atomic mass is 14.3. The Morgan fingerprint density at radius 2 is 1.89 bits per heavy atom. The average Bonchev–Trinajstić information content (AvgIpc) is 2.15. The van der Waals surface area contributed by atoms with Crippen molar-refractivity contribution in [3.05, 3.63) is 12.2 Å². The van der Waals surface area contributed by atoms with Gasteiger partial charge in [0.15, 0.2) is 0 Å². The first-order valence-corrected chi connectivity index (χ1v) is 3.94. The topological polar surface area (TPSA) is 0 Å². The molecule has 0 heterocycles. The van der Waals surface area contributed by atoms with E-state index in [4.69, 9.17) is 0 Å². The highest BCUT2D eigenvalue weighted by molar-refractivity contribution is 5.03. The van der Waals surface area contributed by atoms with E-state index in [9.17, 15) is 0 Å². The molecule has 9 heavy (non-hydrogen) atoms. The average molecular weight is 124 g/mol. The minimum absolute atomic E-state index is 0.815. The van der Waals surface area contributed by atoms with Gasteiger partial charge in [-0.05, 0) is 24.2 Å². The maximum absolute atomic E-state index is 2.37.